The molecule has 0 aromatic heterocycles. The second kappa shape index (κ2) is 7.87. The minimum atomic E-state index is -4.26. The van der Waals surface area contributed by atoms with Crippen LogP contribution in [0.1, 0.15) is 58.3 Å². The molecule has 20 heavy (non-hydrogen) atoms. The van der Waals surface area contributed by atoms with Crippen molar-refractivity contribution in [1.29, 1.82) is 5.26 Å². The molecule has 5 heteroatoms. The van der Waals surface area contributed by atoms with Crippen LogP contribution in [0, 0.1) is 22.7 Å². The summed E-state index contributed by atoms with van der Waals surface area (Å²) in [6.07, 6.45) is 3.23. The number of nitriles is 1. The number of nitrogens with zero attached hydrogens (tertiary/aromatic N) is 1. The van der Waals surface area contributed by atoms with Crippen molar-refractivity contribution in [2.24, 2.45) is 11.3 Å². The summed E-state index contributed by atoms with van der Waals surface area (Å²) in [5.41, 5.74) is -0.328. The monoisotopic (exact) mass is 291 g/mol. The normalized spacial score (nSPS) is 27.2. The molecule has 116 valence electrons. The van der Waals surface area contributed by atoms with E-state index in [-0.39, 0.29) is 12.0 Å². The molecule has 0 amide bonds. The van der Waals surface area contributed by atoms with Crippen molar-refractivity contribution >= 4 is 0 Å². The molecular weight excluding hydrogens is 267 g/mol. The molecule has 0 aromatic carbocycles. The number of hydrogen-bond acceptors (Lipinski definition) is 2. The maximum atomic E-state index is 11.9. The van der Waals surface area contributed by atoms with E-state index in [9.17, 15) is 18.4 Å². The first-order valence-electron chi connectivity index (χ1n) is 7.46. The molecule has 0 atom stereocenters. The van der Waals surface area contributed by atoms with Gasteiger partial charge in [-0.05, 0) is 44.4 Å². The number of hydrogen-bond donors (Lipinski definition) is 0. The highest BCUT2D eigenvalue weighted by molar-refractivity contribution is 5.01. The van der Waals surface area contributed by atoms with Gasteiger partial charge in [-0.15, -0.1) is 0 Å². The van der Waals surface area contributed by atoms with Gasteiger partial charge in [0, 0.05) is 6.61 Å². The van der Waals surface area contributed by atoms with Crippen LogP contribution in [-0.4, -0.2) is 19.4 Å². The van der Waals surface area contributed by atoms with E-state index in [1.807, 2.05) is 0 Å². The maximum Gasteiger partial charge on any atom is 0.411 e. The Morgan fingerprint density at radius 3 is 2.45 bits per heavy atom. The van der Waals surface area contributed by atoms with Gasteiger partial charge in [0.05, 0.1) is 11.5 Å². The quantitative estimate of drug-likeness (QED) is 0.628. The van der Waals surface area contributed by atoms with Crippen LogP contribution in [0.2, 0.25) is 0 Å². The topological polar surface area (TPSA) is 33.0 Å². The molecule has 0 saturated heterocycles. The minimum absolute atomic E-state index is 0.0847. The number of halogens is 3. The fourth-order valence-electron chi connectivity index (χ4n) is 3.05. The molecule has 0 unspecified atom stereocenters. The van der Waals surface area contributed by atoms with E-state index in [2.05, 4.69) is 17.7 Å². The molecule has 0 aliphatic heterocycles. The lowest BCUT2D eigenvalue weighted by Gasteiger charge is -2.35. The van der Waals surface area contributed by atoms with Crippen LogP contribution in [-0.2, 0) is 4.74 Å². The van der Waals surface area contributed by atoms with Gasteiger partial charge in [0.2, 0.25) is 0 Å². The average Bonchev–Trinajstić information content (AvgIpc) is 2.39. The van der Waals surface area contributed by atoms with E-state index in [4.69, 9.17) is 0 Å². The molecule has 0 heterocycles. The highest BCUT2D eigenvalue weighted by atomic mass is 19.4. The summed E-state index contributed by atoms with van der Waals surface area (Å²) < 4.78 is 40.4. The smallest absolute Gasteiger partial charge is 0.372 e. The van der Waals surface area contributed by atoms with Crippen LogP contribution >= 0.6 is 0 Å². The van der Waals surface area contributed by atoms with Gasteiger partial charge >= 0.3 is 6.18 Å². The summed E-state index contributed by atoms with van der Waals surface area (Å²) in [5, 5.41) is 9.37. The predicted octanol–water partition coefficient (Wildman–Crippen LogP) is 4.85. The number of alkyl halides is 3. The van der Waals surface area contributed by atoms with Crippen molar-refractivity contribution in [3.63, 3.8) is 0 Å². The third kappa shape index (κ3) is 6.13. The molecule has 0 bridgehead atoms. The Morgan fingerprint density at radius 1 is 1.30 bits per heavy atom. The van der Waals surface area contributed by atoms with Crippen LogP contribution < -0.4 is 0 Å². The number of rotatable bonds is 7. The van der Waals surface area contributed by atoms with Crippen LogP contribution in [0.4, 0.5) is 13.2 Å². The minimum Gasteiger partial charge on any atom is -0.372 e. The highest BCUT2D eigenvalue weighted by Gasteiger charge is 2.34. The van der Waals surface area contributed by atoms with Crippen molar-refractivity contribution in [1.82, 2.24) is 0 Å². The van der Waals surface area contributed by atoms with Crippen molar-refractivity contribution in [2.75, 3.05) is 13.2 Å². The second-order valence-electron chi connectivity index (χ2n) is 5.90. The molecule has 2 nitrogen and oxygen atoms in total. The van der Waals surface area contributed by atoms with Gasteiger partial charge in [0.25, 0.3) is 0 Å². The molecule has 1 saturated carbocycles. The van der Waals surface area contributed by atoms with Gasteiger partial charge < -0.3 is 4.74 Å². The zero-order chi connectivity index (χ0) is 15.1. The van der Waals surface area contributed by atoms with Crippen LogP contribution in [0.5, 0.6) is 0 Å². The molecule has 0 radical (unpaired) electrons. The Balaban J connectivity index is 2.25. The first kappa shape index (κ1) is 17.3. The molecule has 0 aromatic rings. The lowest BCUT2D eigenvalue weighted by Crippen LogP contribution is -2.27. The summed E-state index contributed by atoms with van der Waals surface area (Å²) >= 11 is 0. The average molecular weight is 291 g/mol. The van der Waals surface area contributed by atoms with Crippen molar-refractivity contribution < 1.29 is 17.9 Å². The predicted molar refractivity (Wildman–Crippen MR) is 71.0 cm³/mol. The van der Waals surface area contributed by atoms with Crippen molar-refractivity contribution in [2.45, 2.75) is 64.5 Å². The zero-order valence-corrected chi connectivity index (χ0v) is 12.1. The van der Waals surface area contributed by atoms with E-state index in [0.717, 1.165) is 31.6 Å². The van der Waals surface area contributed by atoms with Gasteiger partial charge in [-0.3, -0.25) is 0 Å². The summed E-state index contributed by atoms with van der Waals surface area (Å²) in [7, 11) is 0. The Morgan fingerprint density at radius 2 is 1.95 bits per heavy atom. The molecule has 0 spiro atoms. The van der Waals surface area contributed by atoms with Crippen LogP contribution in [0.15, 0.2) is 0 Å². The Hall–Kier alpha value is -0.760. The van der Waals surface area contributed by atoms with Gasteiger partial charge in [0.1, 0.15) is 6.61 Å². The first-order chi connectivity index (χ1) is 9.41. The third-order valence-electron chi connectivity index (χ3n) is 4.21. The summed E-state index contributed by atoms with van der Waals surface area (Å²) in [6, 6.07) is 2.41. The lowest BCUT2D eigenvalue weighted by atomic mass is 9.68. The first-order valence-corrected chi connectivity index (χ1v) is 7.46. The molecule has 1 aliphatic carbocycles. The van der Waals surface area contributed by atoms with E-state index < -0.39 is 12.8 Å². The second-order valence-corrected chi connectivity index (χ2v) is 5.90. The Kier molecular flexibility index (Phi) is 6.81. The van der Waals surface area contributed by atoms with Gasteiger partial charge in [-0.1, -0.05) is 19.8 Å². The van der Waals surface area contributed by atoms with Gasteiger partial charge in [0.15, 0.2) is 0 Å². The molecule has 1 fully saturated rings. The fraction of sp³-hybridized carbons (Fsp3) is 0.933. The Labute approximate surface area is 119 Å². The van der Waals surface area contributed by atoms with Crippen molar-refractivity contribution in [3.8, 4) is 6.07 Å². The van der Waals surface area contributed by atoms with E-state index in [1.54, 1.807) is 0 Å². The summed E-state index contributed by atoms with van der Waals surface area (Å²) in [4.78, 5) is 0. The van der Waals surface area contributed by atoms with Crippen LogP contribution in [0.25, 0.3) is 0 Å². The van der Waals surface area contributed by atoms with E-state index >= 15 is 0 Å². The SMILES string of the molecule is CCCC1CCC(C#N)(CCCOCC(F)(F)F)CC1. The van der Waals surface area contributed by atoms with Gasteiger partial charge in [-0.25, -0.2) is 0 Å². The molecule has 1 aliphatic rings. The van der Waals surface area contributed by atoms with E-state index in [1.165, 1.54) is 12.8 Å². The zero-order valence-electron chi connectivity index (χ0n) is 12.1. The van der Waals surface area contributed by atoms with Crippen molar-refractivity contribution in [3.05, 3.63) is 0 Å². The number of ether oxygens (including phenoxy) is 1. The van der Waals surface area contributed by atoms with Gasteiger partial charge in [-0.2, -0.15) is 18.4 Å². The lowest BCUT2D eigenvalue weighted by molar-refractivity contribution is -0.174. The molecule has 1 rings (SSSR count). The highest BCUT2D eigenvalue weighted by Crippen LogP contribution is 2.43. The summed E-state index contributed by atoms with van der Waals surface area (Å²) in [5.74, 6) is 0.725. The van der Waals surface area contributed by atoms with E-state index in [0.29, 0.717) is 12.8 Å². The molecular formula is C15H24F3NO. The Bertz CT molecular complexity index is 314. The largest absolute Gasteiger partial charge is 0.411 e. The maximum absolute atomic E-state index is 11.9. The fourth-order valence-corrected chi connectivity index (χ4v) is 3.05. The van der Waals surface area contributed by atoms with Crippen LogP contribution in [0.3, 0.4) is 0 Å². The summed E-state index contributed by atoms with van der Waals surface area (Å²) in [6.45, 7) is 1.07. The third-order valence-corrected chi connectivity index (χ3v) is 4.21. The standard InChI is InChI=1S/C15H24F3NO/c1-2-4-13-5-8-14(11-19,9-6-13)7-3-10-20-12-15(16,17)18/h13H,2-10,12H2,1H3. The molecule has 0 N–H and O–H groups in total.